The Bertz CT molecular complexity index is 1340. The van der Waals surface area contributed by atoms with E-state index in [9.17, 15) is 9.59 Å². The molecule has 0 aliphatic carbocycles. The van der Waals surface area contributed by atoms with Crippen LogP contribution in [0.4, 0.5) is 11.4 Å². The molecule has 0 spiro atoms. The van der Waals surface area contributed by atoms with Crippen molar-refractivity contribution >= 4 is 45.6 Å². The Kier molecular flexibility index (Phi) is 7.30. The summed E-state index contributed by atoms with van der Waals surface area (Å²) in [7, 11) is 0. The van der Waals surface area contributed by atoms with Crippen LogP contribution >= 0.6 is 11.6 Å². The van der Waals surface area contributed by atoms with Gasteiger partial charge in [0.05, 0.1) is 23.0 Å². The Morgan fingerprint density at radius 1 is 0.794 bits per heavy atom. The Hall–Kier alpha value is -4.03. The van der Waals surface area contributed by atoms with Crippen molar-refractivity contribution in [3.8, 4) is 11.5 Å². The number of fused-ring (bicyclic) bond motifs is 1. The number of benzene rings is 4. The lowest BCUT2D eigenvalue weighted by atomic mass is 10.1. The molecule has 0 fully saturated rings. The van der Waals surface area contributed by atoms with Gasteiger partial charge in [-0.15, -0.1) is 0 Å². The van der Waals surface area contributed by atoms with Crippen molar-refractivity contribution in [2.24, 2.45) is 0 Å². The number of anilines is 2. The summed E-state index contributed by atoms with van der Waals surface area (Å²) in [5.41, 5.74) is 1.21. The molecule has 0 aliphatic rings. The second-order valence-corrected chi connectivity index (χ2v) is 7.83. The molecule has 0 unspecified atom stereocenters. The first-order chi connectivity index (χ1) is 16.5. The number of hydrogen-bond acceptors (Lipinski definition) is 4. The van der Waals surface area contributed by atoms with Crippen molar-refractivity contribution in [1.82, 2.24) is 0 Å². The molecular formula is C27H23ClN2O4. The quantitative estimate of drug-likeness (QED) is 0.320. The van der Waals surface area contributed by atoms with Crippen LogP contribution in [0.1, 0.15) is 17.3 Å². The number of carbonyl (C=O) groups is 2. The third-order valence-corrected chi connectivity index (χ3v) is 5.36. The van der Waals surface area contributed by atoms with Crippen LogP contribution in [0.15, 0.2) is 84.9 Å². The van der Waals surface area contributed by atoms with Gasteiger partial charge in [0.2, 0.25) is 0 Å². The lowest BCUT2D eigenvalue weighted by Crippen LogP contribution is -2.21. The normalized spacial score (nSPS) is 10.5. The van der Waals surface area contributed by atoms with Crippen LogP contribution in [0.3, 0.4) is 0 Å². The molecule has 4 rings (SSSR count). The minimum absolute atomic E-state index is 0.202. The van der Waals surface area contributed by atoms with E-state index < -0.39 is 5.91 Å². The number of para-hydroxylation sites is 2. The van der Waals surface area contributed by atoms with E-state index in [2.05, 4.69) is 10.6 Å². The maximum atomic E-state index is 12.8. The number of amides is 2. The zero-order valence-corrected chi connectivity index (χ0v) is 19.3. The summed E-state index contributed by atoms with van der Waals surface area (Å²) in [6.07, 6.45) is 0. The van der Waals surface area contributed by atoms with E-state index in [4.69, 9.17) is 21.1 Å². The molecule has 4 aromatic carbocycles. The van der Waals surface area contributed by atoms with E-state index in [1.807, 2.05) is 55.5 Å². The first-order valence-corrected chi connectivity index (χ1v) is 11.2. The van der Waals surface area contributed by atoms with Crippen molar-refractivity contribution in [1.29, 1.82) is 0 Å². The maximum Gasteiger partial charge on any atom is 0.262 e. The molecule has 172 valence electrons. The fraction of sp³-hybridized carbons (Fsp3) is 0.111. The zero-order valence-electron chi connectivity index (χ0n) is 18.5. The molecule has 0 radical (unpaired) electrons. The van der Waals surface area contributed by atoms with Crippen LogP contribution < -0.4 is 20.1 Å². The predicted octanol–water partition coefficient (Wildman–Crippen LogP) is 6.16. The molecule has 0 saturated heterocycles. The highest BCUT2D eigenvalue weighted by Gasteiger charge is 2.14. The fourth-order valence-corrected chi connectivity index (χ4v) is 3.57. The lowest BCUT2D eigenvalue weighted by molar-refractivity contribution is -0.118. The van der Waals surface area contributed by atoms with Gasteiger partial charge in [0, 0.05) is 5.56 Å². The van der Waals surface area contributed by atoms with Crippen LogP contribution in [-0.2, 0) is 4.79 Å². The van der Waals surface area contributed by atoms with Crippen LogP contribution in [0.5, 0.6) is 11.5 Å². The standard InChI is InChI=1S/C27H23ClN2O4/c1-2-33-25-10-6-5-9-23(25)30-27(32)20-12-14-22(28)24(16-20)29-26(31)17-34-21-13-11-18-7-3-4-8-19(18)15-21/h3-16H,2,17H2,1H3,(H,29,31)(H,30,32). The first-order valence-electron chi connectivity index (χ1n) is 10.8. The van der Waals surface area contributed by atoms with Gasteiger partial charge in [-0.1, -0.05) is 54.1 Å². The average molecular weight is 475 g/mol. The van der Waals surface area contributed by atoms with Gasteiger partial charge in [0.25, 0.3) is 11.8 Å². The number of nitrogens with one attached hydrogen (secondary N) is 2. The number of halogens is 1. The Morgan fingerprint density at radius 2 is 1.56 bits per heavy atom. The highest BCUT2D eigenvalue weighted by atomic mass is 35.5. The molecule has 6 nitrogen and oxygen atoms in total. The third kappa shape index (κ3) is 5.66. The molecule has 0 bridgehead atoms. The number of rotatable bonds is 8. The van der Waals surface area contributed by atoms with E-state index in [-0.39, 0.29) is 12.5 Å². The second-order valence-electron chi connectivity index (χ2n) is 7.42. The summed E-state index contributed by atoms with van der Waals surface area (Å²) in [4.78, 5) is 25.3. The second kappa shape index (κ2) is 10.7. The summed E-state index contributed by atoms with van der Waals surface area (Å²) in [5, 5.41) is 7.96. The van der Waals surface area contributed by atoms with Crippen LogP contribution in [0, 0.1) is 0 Å². The number of carbonyl (C=O) groups excluding carboxylic acids is 2. The van der Waals surface area contributed by atoms with E-state index in [1.165, 1.54) is 6.07 Å². The van der Waals surface area contributed by atoms with Gasteiger partial charge in [-0.2, -0.15) is 0 Å². The Labute approximate surface area is 202 Å². The minimum atomic E-state index is -0.394. The van der Waals surface area contributed by atoms with Gasteiger partial charge in [-0.05, 0) is 60.2 Å². The molecule has 7 heteroatoms. The smallest absolute Gasteiger partial charge is 0.262 e. The van der Waals surface area contributed by atoms with E-state index in [0.29, 0.717) is 40.1 Å². The summed E-state index contributed by atoms with van der Waals surface area (Å²) in [5.74, 6) is 0.411. The van der Waals surface area contributed by atoms with Gasteiger partial charge >= 0.3 is 0 Å². The van der Waals surface area contributed by atoms with Crippen molar-refractivity contribution in [3.05, 3.63) is 95.5 Å². The van der Waals surface area contributed by atoms with Crippen molar-refractivity contribution in [2.45, 2.75) is 6.92 Å². The topological polar surface area (TPSA) is 76.7 Å². The SMILES string of the molecule is CCOc1ccccc1NC(=O)c1ccc(Cl)c(NC(=O)COc2ccc3ccccc3c2)c1. The molecular weight excluding hydrogens is 452 g/mol. The maximum absolute atomic E-state index is 12.8. The van der Waals surface area contributed by atoms with Gasteiger partial charge in [0.15, 0.2) is 6.61 Å². The summed E-state index contributed by atoms with van der Waals surface area (Å²) >= 11 is 6.25. The van der Waals surface area contributed by atoms with Crippen LogP contribution in [0.25, 0.3) is 10.8 Å². The van der Waals surface area contributed by atoms with Gasteiger partial charge in [-0.3, -0.25) is 9.59 Å². The summed E-state index contributed by atoms with van der Waals surface area (Å²) in [6.45, 7) is 2.15. The van der Waals surface area contributed by atoms with E-state index in [0.717, 1.165) is 10.8 Å². The van der Waals surface area contributed by atoms with Crippen molar-refractivity contribution in [2.75, 3.05) is 23.8 Å². The number of ether oxygens (including phenoxy) is 2. The number of hydrogen-bond donors (Lipinski definition) is 2. The van der Waals surface area contributed by atoms with Crippen LogP contribution in [0.2, 0.25) is 5.02 Å². The molecule has 0 saturated carbocycles. The molecule has 2 N–H and O–H groups in total. The predicted molar refractivity (Wildman–Crippen MR) is 135 cm³/mol. The molecule has 0 aliphatic heterocycles. The van der Waals surface area contributed by atoms with E-state index >= 15 is 0 Å². The van der Waals surface area contributed by atoms with Gasteiger partial charge in [-0.25, -0.2) is 0 Å². The lowest BCUT2D eigenvalue weighted by Gasteiger charge is -2.13. The average Bonchev–Trinajstić information content (AvgIpc) is 2.85. The molecule has 0 atom stereocenters. The molecule has 2 amide bonds. The van der Waals surface area contributed by atoms with Crippen molar-refractivity contribution < 1.29 is 19.1 Å². The monoisotopic (exact) mass is 474 g/mol. The van der Waals surface area contributed by atoms with Crippen molar-refractivity contribution in [3.63, 3.8) is 0 Å². The minimum Gasteiger partial charge on any atom is -0.492 e. The molecule has 0 heterocycles. The highest BCUT2D eigenvalue weighted by Crippen LogP contribution is 2.27. The molecule has 4 aromatic rings. The molecule has 0 aromatic heterocycles. The Balaban J connectivity index is 1.41. The van der Waals surface area contributed by atoms with Gasteiger partial charge in [0.1, 0.15) is 11.5 Å². The first kappa shape index (κ1) is 23.1. The van der Waals surface area contributed by atoms with Crippen LogP contribution in [-0.4, -0.2) is 25.0 Å². The zero-order chi connectivity index (χ0) is 23.9. The summed E-state index contributed by atoms with van der Waals surface area (Å²) in [6, 6.07) is 25.4. The Morgan fingerprint density at radius 3 is 2.38 bits per heavy atom. The molecule has 34 heavy (non-hydrogen) atoms. The van der Waals surface area contributed by atoms with Gasteiger partial charge < -0.3 is 20.1 Å². The largest absolute Gasteiger partial charge is 0.492 e. The van der Waals surface area contributed by atoms with E-state index in [1.54, 1.807) is 30.3 Å². The highest BCUT2D eigenvalue weighted by molar-refractivity contribution is 6.34. The summed E-state index contributed by atoms with van der Waals surface area (Å²) < 4.78 is 11.2. The third-order valence-electron chi connectivity index (χ3n) is 5.03. The fourth-order valence-electron chi connectivity index (χ4n) is 3.40.